The zero-order valence-corrected chi connectivity index (χ0v) is 15.3. The van der Waals surface area contributed by atoms with Gasteiger partial charge in [0.2, 0.25) is 5.91 Å². The van der Waals surface area contributed by atoms with E-state index < -0.39 is 0 Å². The number of thioether (sulfide) groups is 1. The second kappa shape index (κ2) is 7.83. The number of amides is 1. The fourth-order valence-corrected chi connectivity index (χ4v) is 3.55. The topological polar surface area (TPSA) is 46.3 Å². The van der Waals surface area contributed by atoms with Crippen molar-refractivity contribution in [3.8, 4) is 0 Å². The van der Waals surface area contributed by atoms with Gasteiger partial charge in [-0.1, -0.05) is 39.3 Å². The third kappa shape index (κ3) is 4.36. The second-order valence-electron chi connectivity index (χ2n) is 5.14. The van der Waals surface area contributed by atoms with Gasteiger partial charge in [-0.25, -0.2) is 0 Å². The number of halogens is 1. The molecule has 0 aliphatic rings. The highest BCUT2D eigenvalue weighted by Gasteiger charge is 2.13. The van der Waals surface area contributed by atoms with Crippen LogP contribution in [-0.4, -0.2) is 28.8 Å². The van der Waals surface area contributed by atoms with Gasteiger partial charge in [0.25, 0.3) is 0 Å². The fraction of sp³-hybridized carbons (Fsp3) is 0.375. The SMILES string of the molecule is Cc1noc(C)c1CSCC(=O)N(C)Cc1ccccc1Br. The van der Waals surface area contributed by atoms with E-state index in [2.05, 4.69) is 21.1 Å². The van der Waals surface area contributed by atoms with Gasteiger partial charge in [0.15, 0.2) is 0 Å². The molecule has 0 saturated carbocycles. The van der Waals surface area contributed by atoms with Gasteiger partial charge in [-0.05, 0) is 25.5 Å². The Hall–Kier alpha value is -1.27. The third-order valence-corrected chi connectivity index (χ3v) is 5.16. The lowest BCUT2D eigenvalue weighted by atomic mass is 10.2. The molecule has 0 aliphatic heterocycles. The molecule has 0 fully saturated rings. The molecule has 0 atom stereocenters. The number of benzene rings is 1. The maximum absolute atomic E-state index is 12.2. The van der Waals surface area contributed by atoms with Crippen LogP contribution in [0.4, 0.5) is 0 Å². The molecule has 0 N–H and O–H groups in total. The number of carbonyl (C=O) groups excluding carboxylic acids is 1. The van der Waals surface area contributed by atoms with Crippen LogP contribution in [0.1, 0.15) is 22.6 Å². The highest BCUT2D eigenvalue weighted by Crippen LogP contribution is 2.21. The molecule has 2 rings (SSSR count). The zero-order valence-electron chi connectivity index (χ0n) is 12.9. The number of carbonyl (C=O) groups is 1. The lowest BCUT2D eigenvalue weighted by Gasteiger charge is -2.18. The molecule has 1 aromatic carbocycles. The smallest absolute Gasteiger partial charge is 0.232 e. The molecule has 0 radical (unpaired) electrons. The minimum Gasteiger partial charge on any atom is -0.361 e. The zero-order chi connectivity index (χ0) is 16.1. The average molecular weight is 383 g/mol. The van der Waals surface area contributed by atoms with Crippen molar-refractivity contribution >= 4 is 33.6 Å². The summed E-state index contributed by atoms with van der Waals surface area (Å²) in [4.78, 5) is 14.0. The van der Waals surface area contributed by atoms with E-state index in [0.717, 1.165) is 32.8 Å². The molecule has 0 aliphatic carbocycles. The first-order chi connectivity index (χ1) is 10.5. The minimum absolute atomic E-state index is 0.118. The van der Waals surface area contributed by atoms with E-state index in [0.29, 0.717) is 12.3 Å². The van der Waals surface area contributed by atoms with Crippen LogP contribution in [0.25, 0.3) is 0 Å². The molecule has 1 amide bonds. The van der Waals surface area contributed by atoms with Gasteiger partial charge >= 0.3 is 0 Å². The van der Waals surface area contributed by atoms with Crippen molar-refractivity contribution in [2.24, 2.45) is 0 Å². The van der Waals surface area contributed by atoms with Crippen LogP contribution in [0.5, 0.6) is 0 Å². The number of hydrogen-bond donors (Lipinski definition) is 0. The van der Waals surface area contributed by atoms with Gasteiger partial charge in [-0.3, -0.25) is 4.79 Å². The molecule has 0 unspecified atom stereocenters. The van der Waals surface area contributed by atoms with Gasteiger partial charge in [-0.2, -0.15) is 0 Å². The molecule has 6 heteroatoms. The predicted octanol–water partition coefficient (Wildman–Crippen LogP) is 3.95. The monoisotopic (exact) mass is 382 g/mol. The minimum atomic E-state index is 0.118. The van der Waals surface area contributed by atoms with E-state index >= 15 is 0 Å². The van der Waals surface area contributed by atoms with E-state index in [1.807, 2.05) is 45.2 Å². The molecule has 1 aromatic heterocycles. The molecule has 118 valence electrons. The molecule has 4 nitrogen and oxygen atoms in total. The number of rotatable bonds is 6. The van der Waals surface area contributed by atoms with Crippen molar-refractivity contribution in [2.45, 2.75) is 26.1 Å². The van der Waals surface area contributed by atoms with E-state index in [4.69, 9.17) is 4.52 Å². The van der Waals surface area contributed by atoms with Crippen molar-refractivity contribution in [2.75, 3.05) is 12.8 Å². The van der Waals surface area contributed by atoms with E-state index in [-0.39, 0.29) is 5.91 Å². The number of aromatic nitrogens is 1. The van der Waals surface area contributed by atoms with Gasteiger partial charge in [0, 0.05) is 29.4 Å². The first-order valence-corrected chi connectivity index (χ1v) is 8.90. The molecule has 1 heterocycles. The Morgan fingerprint density at radius 1 is 1.36 bits per heavy atom. The van der Waals surface area contributed by atoms with E-state index in [1.54, 1.807) is 16.7 Å². The van der Waals surface area contributed by atoms with Crippen LogP contribution in [0.15, 0.2) is 33.3 Å². The highest BCUT2D eigenvalue weighted by molar-refractivity contribution is 9.10. The highest BCUT2D eigenvalue weighted by atomic mass is 79.9. The summed E-state index contributed by atoms with van der Waals surface area (Å²) in [6.07, 6.45) is 0. The Bertz CT molecular complexity index is 638. The summed E-state index contributed by atoms with van der Waals surface area (Å²) in [5, 5.41) is 3.93. The molecule has 0 bridgehead atoms. The lowest BCUT2D eigenvalue weighted by molar-refractivity contribution is -0.127. The number of nitrogens with zero attached hydrogens (tertiary/aromatic N) is 2. The van der Waals surface area contributed by atoms with Crippen molar-refractivity contribution in [1.82, 2.24) is 10.1 Å². The lowest BCUT2D eigenvalue weighted by Crippen LogP contribution is -2.28. The van der Waals surface area contributed by atoms with Gasteiger partial charge < -0.3 is 9.42 Å². The van der Waals surface area contributed by atoms with Crippen LogP contribution < -0.4 is 0 Å². The van der Waals surface area contributed by atoms with Gasteiger partial charge in [-0.15, -0.1) is 11.8 Å². The summed E-state index contributed by atoms with van der Waals surface area (Å²) in [7, 11) is 1.83. The predicted molar refractivity (Wildman–Crippen MR) is 92.8 cm³/mol. The van der Waals surface area contributed by atoms with Crippen LogP contribution >= 0.6 is 27.7 Å². The first kappa shape index (κ1) is 17.1. The molecular weight excluding hydrogens is 364 g/mol. The summed E-state index contributed by atoms with van der Waals surface area (Å²) in [5.74, 6) is 2.15. The Labute approximate surface area is 143 Å². The van der Waals surface area contributed by atoms with Crippen molar-refractivity contribution in [3.05, 3.63) is 51.3 Å². The standard InChI is InChI=1S/C16H19BrN2O2S/c1-11-14(12(2)21-18-11)9-22-10-16(20)19(3)8-13-6-4-5-7-15(13)17/h4-7H,8-10H2,1-3H3. The quantitative estimate of drug-likeness (QED) is 0.758. The number of hydrogen-bond acceptors (Lipinski definition) is 4. The first-order valence-electron chi connectivity index (χ1n) is 6.96. The van der Waals surface area contributed by atoms with Crippen LogP contribution in [0, 0.1) is 13.8 Å². The van der Waals surface area contributed by atoms with Crippen LogP contribution in [0.3, 0.4) is 0 Å². The molecule has 0 spiro atoms. The molecule has 0 saturated heterocycles. The summed E-state index contributed by atoms with van der Waals surface area (Å²) in [6, 6.07) is 7.95. The maximum Gasteiger partial charge on any atom is 0.232 e. The van der Waals surface area contributed by atoms with E-state index in [1.165, 1.54) is 0 Å². The summed E-state index contributed by atoms with van der Waals surface area (Å²) in [6.45, 7) is 4.43. The largest absolute Gasteiger partial charge is 0.361 e. The Morgan fingerprint density at radius 3 is 2.73 bits per heavy atom. The van der Waals surface area contributed by atoms with Gasteiger partial charge in [0.1, 0.15) is 5.76 Å². The third-order valence-electron chi connectivity index (χ3n) is 3.44. The van der Waals surface area contributed by atoms with Crippen molar-refractivity contribution < 1.29 is 9.32 Å². The summed E-state index contributed by atoms with van der Waals surface area (Å²) >= 11 is 5.10. The van der Waals surface area contributed by atoms with E-state index in [9.17, 15) is 4.79 Å². The Balaban J connectivity index is 1.83. The molecule has 22 heavy (non-hydrogen) atoms. The molecule has 2 aromatic rings. The van der Waals surface area contributed by atoms with Gasteiger partial charge in [0.05, 0.1) is 11.4 Å². The molecular formula is C16H19BrN2O2S. The summed E-state index contributed by atoms with van der Waals surface area (Å²) in [5.41, 5.74) is 3.10. The normalized spacial score (nSPS) is 10.7. The Morgan fingerprint density at radius 2 is 2.09 bits per heavy atom. The maximum atomic E-state index is 12.2. The summed E-state index contributed by atoms with van der Waals surface area (Å²) < 4.78 is 6.15. The van der Waals surface area contributed by atoms with Crippen molar-refractivity contribution in [3.63, 3.8) is 0 Å². The fourth-order valence-electron chi connectivity index (χ4n) is 2.03. The average Bonchev–Trinajstić information content (AvgIpc) is 2.81. The van der Waals surface area contributed by atoms with Crippen LogP contribution in [0.2, 0.25) is 0 Å². The van der Waals surface area contributed by atoms with Crippen molar-refractivity contribution in [1.29, 1.82) is 0 Å². The van der Waals surface area contributed by atoms with Crippen LogP contribution in [-0.2, 0) is 17.1 Å². The Kier molecular flexibility index (Phi) is 6.08. The number of aryl methyl sites for hydroxylation is 2. The second-order valence-corrected chi connectivity index (χ2v) is 6.98.